The van der Waals surface area contributed by atoms with Crippen LogP contribution in [0.25, 0.3) is 0 Å². The van der Waals surface area contributed by atoms with E-state index in [1.165, 1.54) is 4.88 Å². The van der Waals surface area contributed by atoms with Crippen LogP contribution in [0.3, 0.4) is 0 Å². The Morgan fingerprint density at radius 1 is 1.50 bits per heavy atom. The molecule has 1 atom stereocenters. The SMILES string of the molecule is Cc1sc(C(N)C(C)C)nc1Br. The summed E-state index contributed by atoms with van der Waals surface area (Å²) in [4.78, 5) is 5.54. The number of aryl methyl sites for hydroxylation is 1. The monoisotopic (exact) mass is 248 g/mol. The van der Waals surface area contributed by atoms with Crippen LogP contribution < -0.4 is 5.73 Å². The third-order valence-electron chi connectivity index (χ3n) is 1.76. The number of nitrogens with zero attached hydrogens (tertiary/aromatic N) is 1. The Labute approximate surface area is 85.3 Å². The number of nitrogens with two attached hydrogens (primary N) is 1. The maximum absolute atomic E-state index is 5.95. The fraction of sp³-hybridized carbons (Fsp3) is 0.625. The molecule has 12 heavy (non-hydrogen) atoms. The van der Waals surface area contributed by atoms with E-state index >= 15 is 0 Å². The Morgan fingerprint density at radius 3 is 2.42 bits per heavy atom. The van der Waals surface area contributed by atoms with E-state index in [0.717, 1.165) is 9.61 Å². The number of halogens is 1. The highest BCUT2D eigenvalue weighted by atomic mass is 79.9. The van der Waals surface area contributed by atoms with E-state index in [-0.39, 0.29) is 6.04 Å². The minimum Gasteiger partial charge on any atom is -0.322 e. The van der Waals surface area contributed by atoms with Crippen LogP contribution in [-0.2, 0) is 0 Å². The first-order valence-corrected chi connectivity index (χ1v) is 5.51. The zero-order chi connectivity index (χ0) is 9.30. The average molecular weight is 249 g/mol. The number of aromatic nitrogens is 1. The van der Waals surface area contributed by atoms with Gasteiger partial charge in [-0.25, -0.2) is 4.98 Å². The van der Waals surface area contributed by atoms with Crippen molar-refractivity contribution in [2.24, 2.45) is 11.7 Å². The summed E-state index contributed by atoms with van der Waals surface area (Å²) in [6.07, 6.45) is 0. The van der Waals surface area contributed by atoms with Crippen molar-refractivity contribution < 1.29 is 0 Å². The normalized spacial score (nSPS) is 13.8. The first-order chi connectivity index (χ1) is 5.52. The molecule has 0 aliphatic carbocycles. The molecule has 4 heteroatoms. The maximum Gasteiger partial charge on any atom is 0.120 e. The van der Waals surface area contributed by atoms with Crippen molar-refractivity contribution in [3.05, 3.63) is 14.5 Å². The Morgan fingerprint density at radius 2 is 2.08 bits per heavy atom. The molecule has 0 bridgehead atoms. The second-order valence-corrected chi connectivity index (χ2v) is 5.15. The van der Waals surface area contributed by atoms with Crippen molar-refractivity contribution in [1.82, 2.24) is 4.98 Å². The van der Waals surface area contributed by atoms with Crippen LogP contribution in [0.2, 0.25) is 0 Å². The van der Waals surface area contributed by atoms with Gasteiger partial charge in [-0.05, 0) is 28.8 Å². The van der Waals surface area contributed by atoms with Gasteiger partial charge in [0.25, 0.3) is 0 Å². The zero-order valence-electron chi connectivity index (χ0n) is 7.47. The van der Waals surface area contributed by atoms with E-state index < -0.39 is 0 Å². The highest BCUT2D eigenvalue weighted by Gasteiger charge is 2.15. The fourth-order valence-electron chi connectivity index (χ4n) is 0.825. The fourth-order valence-corrected chi connectivity index (χ4v) is 2.36. The van der Waals surface area contributed by atoms with Crippen LogP contribution in [0.15, 0.2) is 4.60 Å². The van der Waals surface area contributed by atoms with E-state index in [4.69, 9.17) is 5.73 Å². The number of hydrogen-bond acceptors (Lipinski definition) is 3. The molecule has 2 N–H and O–H groups in total. The van der Waals surface area contributed by atoms with Crippen molar-refractivity contribution in [3.63, 3.8) is 0 Å². The molecule has 0 saturated carbocycles. The minimum absolute atomic E-state index is 0.0694. The van der Waals surface area contributed by atoms with Crippen molar-refractivity contribution in [2.75, 3.05) is 0 Å². The van der Waals surface area contributed by atoms with Gasteiger partial charge in [0.1, 0.15) is 9.61 Å². The molecule has 1 heterocycles. The van der Waals surface area contributed by atoms with Gasteiger partial charge in [0.05, 0.1) is 6.04 Å². The lowest BCUT2D eigenvalue weighted by molar-refractivity contribution is 0.511. The maximum atomic E-state index is 5.95. The number of rotatable bonds is 2. The summed E-state index contributed by atoms with van der Waals surface area (Å²) >= 11 is 5.05. The summed E-state index contributed by atoms with van der Waals surface area (Å²) in [5, 5.41) is 1.02. The highest BCUT2D eigenvalue weighted by molar-refractivity contribution is 9.10. The largest absolute Gasteiger partial charge is 0.322 e. The molecule has 1 unspecified atom stereocenters. The van der Waals surface area contributed by atoms with E-state index in [1.54, 1.807) is 11.3 Å². The van der Waals surface area contributed by atoms with Gasteiger partial charge in [-0.1, -0.05) is 13.8 Å². The molecule has 0 spiro atoms. The molecule has 2 nitrogen and oxygen atoms in total. The number of thiazole rings is 1. The smallest absolute Gasteiger partial charge is 0.120 e. The lowest BCUT2D eigenvalue weighted by Gasteiger charge is -2.11. The summed E-state index contributed by atoms with van der Waals surface area (Å²) < 4.78 is 0.929. The van der Waals surface area contributed by atoms with Crippen molar-refractivity contribution in [2.45, 2.75) is 26.8 Å². The topological polar surface area (TPSA) is 38.9 Å². The van der Waals surface area contributed by atoms with Crippen molar-refractivity contribution in [3.8, 4) is 0 Å². The molecule has 1 aromatic heterocycles. The summed E-state index contributed by atoms with van der Waals surface area (Å²) in [6, 6.07) is 0.0694. The molecule has 0 saturated heterocycles. The third-order valence-corrected chi connectivity index (χ3v) is 3.87. The number of hydrogen-bond donors (Lipinski definition) is 1. The summed E-state index contributed by atoms with van der Waals surface area (Å²) in [7, 11) is 0. The van der Waals surface area contributed by atoms with E-state index in [2.05, 4.69) is 34.8 Å². The summed E-state index contributed by atoms with van der Waals surface area (Å²) in [5.74, 6) is 0.447. The molecule has 0 radical (unpaired) electrons. The average Bonchev–Trinajstić information content (AvgIpc) is 2.30. The molecule has 0 aromatic carbocycles. The highest BCUT2D eigenvalue weighted by Crippen LogP contribution is 2.28. The Bertz CT molecular complexity index is 251. The van der Waals surface area contributed by atoms with Gasteiger partial charge >= 0.3 is 0 Å². The Kier molecular flexibility index (Phi) is 3.26. The van der Waals surface area contributed by atoms with E-state index in [0.29, 0.717) is 5.92 Å². The van der Waals surface area contributed by atoms with Gasteiger partial charge in [0.2, 0.25) is 0 Å². The minimum atomic E-state index is 0.0694. The Balaban J connectivity index is 2.89. The molecule has 0 amide bonds. The van der Waals surface area contributed by atoms with Crippen LogP contribution in [-0.4, -0.2) is 4.98 Å². The van der Waals surface area contributed by atoms with Crippen LogP contribution in [0.1, 0.15) is 29.8 Å². The molecule has 1 aromatic rings. The standard InChI is InChI=1S/C8H13BrN2S/c1-4(2)6(10)8-11-7(9)5(3)12-8/h4,6H,10H2,1-3H3. The molecule has 0 fully saturated rings. The van der Waals surface area contributed by atoms with Crippen molar-refractivity contribution >= 4 is 27.3 Å². The van der Waals surface area contributed by atoms with Crippen LogP contribution in [0.4, 0.5) is 0 Å². The van der Waals surface area contributed by atoms with Gasteiger partial charge in [-0.2, -0.15) is 0 Å². The predicted octanol–water partition coefficient (Wildman–Crippen LogP) is 2.87. The summed E-state index contributed by atoms with van der Waals surface area (Å²) in [5.41, 5.74) is 5.95. The van der Waals surface area contributed by atoms with Gasteiger partial charge < -0.3 is 5.73 Å². The van der Waals surface area contributed by atoms with Crippen molar-refractivity contribution in [1.29, 1.82) is 0 Å². The van der Waals surface area contributed by atoms with Crippen LogP contribution >= 0.6 is 27.3 Å². The Hall–Kier alpha value is 0.0700. The van der Waals surface area contributed by atoms with E-state index in [9.17, 15) is 0 Å². The molecule has 68 valence electrons. The first kappa shape index (κ1) is 10.2. The molecular weight excluding hydrogens is 236 g/mol. The van der Waals surface area contributed by atoms with Gasteiger partial charge in [-0.15, -0.1) is 11.3 Å². The molecule has 0 aliphatic heterocycles. The van der Waals surface area contributed by atoms with E-state index in [1.807, 2.05) is 6.92 Å². The predicted molar refractivity (Wildman–Crippen MR) is 56.3 cm³/mol. The molecule has 1 rings (SSSR count). The first-order valence-electron chi connectivity index (χ1n) is 3.90. The third kappa shape index (κ3) is 2.06. The molecule has 0 aliphatic rings. The van der Waals surface area contributed by atoms with Crippen LogP contribution in [0.5, 0.6) is 0 Å². The zero-order valence-corrected chi connectivity index (χ0v) is 9.87. The lowest BCUT2D eigenvalue weighted by Crippen LogP contribution is -2.16. The lowest BCUT2D eigenvalue weighted by atomic mass is 10.1. The van der Waals surface area contributed by atoms with Gasteiger partial charge in [0.15, 0.2) is 0 Å². The van der Waals surface area contributed by atoms with Gasteiger partial charge in [0, 0.05) is 4.88 Å². The quantitative estimate of drug-likeness (QED) is 0.875. The second kappa shape index (κ2) is 3.85. The molecular formula is C8H13BrN2S. The van der Waals surface area contributed by atoms with Gasteiger partial charge in [-0.3, -0.25) is 0 Å². The summed E-state index contributed by atoms with van der Waals surface area (Å²) in [6.45, 7) is 6.25. The second-order valence-electron chi connectivity index (χ2n) is 3.17. The van der Waals surface area contributed by atoms with Crippen LogP contribution in [0, 0.1) is 12.8 Å².